The highest BCUT2D eigenvalue weighted by Crippen LogP contribution is 2.57. The van der Waals surface area contributed by atoms with E-state index >= 15 is 4.39 Å². The molecule has 0 unspecified atom stereocenters. The van der Waals surface area contributed by atoms with E-state index in [0.717, 1.165) is 32.1 Å². The van der Waals surface area contributed by atoms with Gasteiger partial charge in [-0.3, -0.25) is 0 Å². The molecule has 2 saturated carbocycles. The first-order valence-electron chi connectivity index (χ1n) is 11.5. The van der Waals surface area contributed by atoms with Gasteiger partial charge in [0.05, 0.1) is 17.8 Å². The number of aromatic nitrogens is 4. The fourth-order valence-electron chi connectivity index (χ4n) is 5.92. The molecule has 4 atom stereocenters. The molecule has 2 aliphatic carbocycles. The molecule has 0 radical (unpaired) electrons. The highest BCUT2D eigenvalue weighted by Gasteiger charge is 2.54. The second-order valence-electron chi connectivity index (χ2n) is 10.3. The van der Waals surface area contributed by atoms with Crippen LogP contribution in [0.2, 0.25) is 0 Å². The largest absolute Gasteiger partial charge is 0.507 e. The Morgan fingerprint density at radius 2 is 2.09 bits per heavy atom. The van der Waals surface area contributed by atoms with E-state index in [4.69, 9.17) is 5.26 Å². The second-order valence-corrected chi connectivity index (χ2v) is 11.2. The number of thiazole rings is 1. The molecule has 176 valence electrons. The molecule has 2 heterocycles. The molecular weight excluding hydrogens is 451 g/mol. The standard InChI is InChI=1S/C25H27FN6OS/c1-24-7-4-8-25(2,14-24)21(26)18(10-24)32(3)20-12-28-22(31-30-20)17-6-5-15(9-19(17)33)23-29-16(11-27)13-34-23/h5-6,9,12-13,18,21,33H,4,7-8,10,14H2,1-3H3/t18-,21-,24-,25-/m1/s1. The van der Waals surface area contributed by atoms with Gasteiger partial charge in [-0.2, -0.15) is 5.26 Å². The van der Waals surface area contributed by atoms with Crippen LogP contribution in [0.25, 0.3) is 22.0 Å². The Balaban J connectivity index is 1.37. The zero-order valence-corrected chi connectivity index (χ0v) is 20.3. The van der Waals surface area contributed by atoms with Crippen molar-refractivity contribution in [1.82, 2.24) is 20.2 Å². The number of hydrogen-bond donors (Lipinski definition) is 1. The lowest BCUT2D eigenvalue weighted by molar-refractivity contribution is -0.0540. The van der Waals surface area contributed by atoms with E-state index in [1.807, 2.05) is 18.0 Å². The number of phenols is 1. The molecule has 0 aliphatic heterocycles. The van der Waals surface area contributed by atoms with Crippen molar-refractivity contribution in [3.8, 4) is 33.8 Å². The normalized spacial score (nSPS) is 28.3. The molecule has 0 saturated heterocycles. The van der Waals surface area contributed by atoms with Crippen LogP contribution < -0.4 is 4.90 Å². The number of rotatable bonds is 4. The summed E-state index contributed by atoms with van der Waals surface area (Å²) in [5.41, 5.74) is 1.34. The molecule has 9 heteroatoms. The van der Waals surface area contributed by atoms with Crippen LogP contribution in [0, 0.1) is 22.2 Å². The smallest absolute Gasteiger partial charge is 0.185 e. The predicted molar refractivity (Wildman–Crippen MR) is 129 cm³/mol. The van der Waals surface area contributed by atoms with Crippen molar-refractivity contribution in [1.29, 1.82) is 5.26 Å². The number of nitriles is 1. The van der Waals surface area contributed by atoms with Gasteiger partial charge in [0.15, 0.2) is 17.3 Å². The lowest BCUT2D eigenvalue weighted by Gasteiger charge is -2.55. The lowest BCUT2D eigenvalue weighted by atomic mass is 9.54. The average molecular weight is 479 g/mol. The number of hydrogen-bond acceptors (Lipinski definition) is 8. The molecular formula is C25H27FN6OS. The van der Waals surface area contributed by atoms with Gasteiger partial charge >= 0.3 is 0 Å². The van der Waals surface area contributed by atoms with Crippen LogP contribution in [0.4, 0.5) is 10.2 Å². The first-order chi connectivity index (χ1) is 16.2. The molecule has 2 aromatic heterocycles. The minimum Gasteiger partial charge on any atom is -0.507 e. The number of aromatic hydroxyl groups is 1. The third kappa shape index (κ3) is 3.90. The summed E-state index contributed by atoms with van der Waals surface area (Å²) in [5, 5.41) is 30.4. The van der Waals surface area contributed by atoms with Gasteiger partial charge in [-0.1, -0.05) is 26.3 Å². The van der Waals surface area contributed by atoms with Crippen molar-refractivity contribution < 1.29 is 9.50 Å². The van der Waals surface area contributed by atoms with Crippen LogP contribution in [0.3, 0.4) is 0 Å². The van der Waals surface area contributed by atoms with Crippen LogP contribution in [-0.4, -0.2) is 44.5 Å². The number of phenolic OH excluding ortho intramolecular Hbond substituents is 1. The molecule has 0 amide bonds. The van der Waals surface area contributed by atoms with Crippen molar-refractivity contribution in [3.05, 3.63) is 35.5 Å². The maximum Gasteiger partial charge on any atom is 0.185 e. The van der Waals surface area contributed by atoms with Crippen LogP contribution in [0.5, 0.6) is 5.75 Å². The molecule has 2 fully saturated rings. The van der Waals surface area contributed by atoms with Crippen molar-refractivity contribution in [2.75, 3.05) is 11.9 Å². The second kappa shape index (κ2) is 8.27. The van der Waals surface area contributed by atoms with Crippen molar-refractivity contribution >= 4 is 17.2 Å². The zero-order chi connectivity index (χ0) is 24.1. The van der Waals surface area contributed by atoms with Crippen LogP contribution in [0.15, 0.2) is 29.8 Å². The molecule has 0 spiro atoms. The maximum atomic E-state index is 15.6. The van der Waals surface area contributed by atoms with E-state index in [2.05, 4.69) is 34.0 Å². The number of nitrogens with zero attached hydrogens (tertiary/aromatic N) is 6. The van der Waals surface area contributed by atoms with Gasteiger partial charge in [-0.25, -0.2) is 14.4 Å². The third-order valence-electron chi connectivity index (χ3n) is 7.58. The van der Waals surface area contributed by atoms with Gasteiger partial charge in [0.2, 0.25) is 0 Å². The summed E-state index contributed by atoms with van der Waals surface area (Å²) in [7, 11) is 1.87. The van der Waals surface area contributed by atoms with Gasteiger partial charge < -0.3 is 10.0 Å². The van der Waals surface area contributed by atoms with Gasteiger partial charge in [0.25, 0.3) is 0 Å². The highest BCUT2D eigenvalue weighted by molar-refractivity contribution is 7.13. The van der Waals surface area contributed by atoms with Gasteiger partial charge in [-0.15, -0.1) is 21.5 Å². The summed E-state index contributed by atoms with van der Waals surface area (Å²) in [6.45, 7) is 4.37. The van der Waals surface area contributed by atoms with E-state index in [1.165, 1.54) is 11.3 Å². The summed E-state index contributed by atoms with van der Waals surface area (Å²) in [6, 6.07) is 6.82. The summed E-state index contributed by atoms with van der Waals surface area (Å²) in [4.78, 5) is 10.5. The van der Waals surface area contributed by atoms with Gasteiger partial charge in [-0.05, 0) is 43.2 Å². The molecule has 2 bridgehead atoms. The SMILES string of the molecule is CN(c1cnc(-c2ccc(-c3nc(C#N)cs3)cc2O)nn1)[C@@H]1C[C@@]2(C)CCC[C@](C)(C2)[C@@H]1F. The Morgan fingerprint density at radius 1 is 1.26 bits per heavy atom. The van der Waals surface area contributed by atoms with Crippen molar-refractivity contribution in [2.24, 2.45) is 10.8 Å². The predicted octanol–water partition coefficient (Wildman–Crippen LogP) is 5.37. The molecule has 3 aromatic rings. The van der Waals surface area contributed by atoms with E-state index in [0.29, 0.717) is 27.6 Å². The summed E-state index contributed by atoms with van der Waals surface area (Å²) in [5.74, 6) is 0.805. The number of halogens is 1. The summed E-state index contributed by atoms with van der Waals surface area (Å²) < 4.78 is 15.6. The minimum absolute atomic E-state index is 0.00103. The van der Waals surface area contributed by atoms with E-state index < -0.39 is 6.17 Å². The molecule has 1 aromatic carbocycles. The number of fused-ring (bicyclic) bond motifs is 2. The summed E-state index contributed by atoms with van der Waals surface area (Å²) in [6.07, 6.45) is 5.53. The maximum absolute atomic E-state index is 15.6. The Morgan fingerprint density at radius 3 is 2.76 bits per heavy atom. The Kier molecular flexibility index (Phi) is 5.52. The molecule has 7 nitrogen and oxygen atoms in total. The van der Waals surface area contributed by atoms with Gasteiger partial charge in [0.1, 0.15) is 23.0 Å². The monoisotopic (exact) mass is 478 g/mol. The Labute approximate surface area is 202 Å². The number of anilines is 1. The highest BCUT2D eigenvalue weighted by atomic mass is 32.1. The molecule has 5 rings (SSSR count). The summed E-state index contributed by atoms with van der Waals surface area (Å²) >= 11 is 1.34. The third-order valence-corrected chi connectivity index (χ3v) is 8.47. The quantitative estimate of drug-likeness (QED) is 0.538. The van der Waals surface area contributed by atoms with Crippen LogP contribution in [0.1, 0.15) is 51.6 Å². The molecule has 1 N–H and O–H groups in total. The van der Waals surface area contributed by atoms with Crippen molar-refractivity contribution in [2.45, 2.75) is 58.2 Å². The van der Waals surface area contributed by atoms with E-state index in [-0.39, 0.29) is 28.4 Å². The van der Waals surface area contributed by atoms with Crippen molar-refractivity contribution in [3.63, 3.8) is 0 Å². The van der Waals surface area contributed by atoms with E-state index in [1.54, 1.807) is 29.8 Å². The Hall–Kier alpha value is -3.12. The first kappa shape index (κ1) is 22.7. The zero-order valence-electron chi connectivity index (χ0n) is 19.5. The van der Waals surface area contributed by atoms with Crippen LogP contribution in [-0.2, 0) is 0 Å². The lowest BCUT2D eigenvalue weighted by Crippen LogP contribution is -2.57. The minimum atomic E-state index is -0.934. The average Bonchev–Trinajstić information content (AvgIpc) is 3.30. The number of alkyl halides is 1. The molecule has 2 aliphatic rings. The van der Waals surface area contributed by atoms with Crippen LogP contribution >= 0.6 is 11.3 Å². The van der Waals surface area contributed by atoms with Gasteiger partial charge in [0, 0.05) is 23.4 Å². The topological polar surface area (TPSA) is 98.8 Å². The fourth-order valence-corrected chi connectivity index (χ4v) is 6.66. The first-order valence-corrected chi connectivity index (χ1v) is 12.4. The van der Waals surface area contributed by atoms with E-state index in [9.17, 15) is 5.11 Å². The Bertz CT molecular complexity index is 1260. The molecule has 34 heavy (non-hydrogen) atoms. The fraction of sp³-hybridized carbons (Fsp3) is 0.480. The number of benzene rings is 1.